The van der Waals surface area contributed by atoms with E-state index in [2.05, 4.69) is 27.6 Å². The SMILES string of the molecule is O=C(Nc1cnn(CCc2ccccc2)c1)c1ccn(C2CCCC2)n1. The van der Waals surface area contributed by atoms with E-state index < -0.39 is 0 Å². The van der Waals surface area contributed by atoms with Crippen LogP contribution in [-0.4, -0.2) is 25.5 Å². The Hall–Kier alpha value is -2.89. The summed E-state index contributed by atoms with van der Waals surface area (Å²) < 4.78 is 3.78. The highest BCUT2D eigenvalue weighted by atomic mass is 16.2. The molecule has 1 amide bonds. The van der Waals surface area contributed by atoms with Gasteiger partial charge in [0.1, 0.15) is 0 Å². The Morgan fingerprint density at radius 1 is 1.15 bits per heavy atom. The van der Waals surface area contributed by atoms with Crippen LogP contribution in [0.1, 0.15) is 47.8 Å². The average Bonchev–Trinajstić information content (AvgIpc) is 3.41. The zero-order valence-corrected chi connectivity index (χ0v) is 14.7. The van der Waals surface area contributed by atoms with Crippen LogP contribution in [0.25, 0.3) is 0 Å². The number of benzene rings is 1. The summed E-state index contributed by atoms with van der Waals surface area (Å²) in [5.41, 5.74) is 2.42. The van der Waals surface area contributed by atoms with E-state index >= 15 is 0 Å². The molecule has 6 nitrogen and oxygen atoms in total. The van der Waals surface area contributed by atoms with Crippen molar-refractivity contribution in [3.8, 4) is 0 Å². The maximum atomic E-state index is 12.4. The van der Waals surface area contributed by atoms with Crippen molar-refractivity contribution in [3.63, 3.8) is 0 Å². The largest absolute Gasteiger partial charge is 0.318 e. The second kappa shape index (κ2) is 7.56. The molecule has 0 bridgehead atoms. The van der Waals surface area contributed by atoms with Gasteiger partial charge in [-0.1, -0.05) is 43.2 Å². The molecule has 0 spiro atoms. The molecule has 0 aliphatic heterocycles. The van der Waals surface area contributed by atoms with Crippen molar-refractivity contribution in [1.29, 1.82) is 0 Å². The highest BCUT2D eigenvalue weighted by molar-refractivity contribution is 6.02. The average molecular weight is 349 g/mol. The molecule has 1 aromatic carbocycles. The zero-order valence-electron chi connectivity index (χ0n) is 14.7. The lowest BCUT2D eigenvalue weighted by Gasteiger charge is -2.08. The number of amides is 1. The van der Waals surface area contributed by atoms with Gasteiger partial charge in [0.25, 0.3) is 5.91 Å². The van der Waals surface area contributed by atoms with Crippen molar-refractivity contribution in [1.82, 2.24) is 19.6 Å². The summed E-state index contributed by atoms with van der Waals surface area (Å²) in [5, 5.41) is 11.7. The van der Waals surface area contributed by atoms with E-state index in [0.717, 1.165) is 25.8 Å². The molecule has 1 aliphatic rings. The lowest BCUT2D eigenvalue weighted by molar-refractivity contribution is 0.102. The number of carbonyl (C=O) groups is 1. The Bertz CT molecular complexity index is 861. The molecular weight excluding hydrogens is 326 g/mol. The Morgan fingerprint density at radius 2 is 1.96 bits per heavy atom. The fraction of sp³-hybridized carbons (Fsp3) is 0.350. The third-order valence-electron chi connectivity index (χ3n) is 4.90. The maximum absolute atomic E-state index is 12.4. The minimum atomic E-state index is -0.190. The number of aromatic nitrogens is 4. The van der Waals surface area contributed by atoms with Crippen LogP contribution >= 0.6 is 0 Å². The van der Waals surface area contributed by atoms with Crippen LogP contribution in [0.15, 0.2) is 55.0 Å². The summed E-state index contributed by atoms with van der Waals surface area (Å²) >= 11 is 0. The number of nitrogens with zero attached hydrogens (tertiary/aromatic N) is 4. The number of carbonyl (C=O) groups excluding carboxylic acids is 1. The fourth-order valence-corrected chi connectivity index (χ4v) is 3.47. The molecule has 1 fully saturated rings. The van der Waals surface area contributed by atoms with E-state index in [1.54, 1.807) is 12.3 Å². The van der Waals surface area contributed by atoms with Crippen LogP contribution in [0.4, 0.5) is 5.69 Å². The van der Waals surface area contributed by atoms with Crippen molar-refractivity contribution in [2.24, 2.45) is 0 Å². The molecule has 26 heavy (non-hydrogen) atoms. The summed E-state index contributed by atoms with van der Waals surface area (Å²) in [6.07, 6.45) is 11.1. The Balaban J connectivity index is 1.34. The maximum Gasteiger partial charge on any atom is 0.276 e. The Kier molecular flexibility index (Phi) is 4.82. The molecule has 2 heterocycles. The number of hydrogen-bond donors (Lipinski definition) is 1. The van der Waals surface area contributed by atoms with Crippen molar-refractivity contribution in [2.45, 2.75) is 44.7 Å². The molecular formula is C20H23N5O. The Labute approximate surface area is 152 Å². The number of hydrogen-bond acceptors (Lipinski definition) is 3. The first-order valence-electron chi connectivity index (χ1n) is 9.21. The highest BCUT2D eigenvalue weighted by Gasteiger charge is 2.19. The van der Waals surface area contributed by atoms with Gasteiger partial charge >= 0.3 is 0 Å². The summed E-state index contributed by atoms with van der Waals surface area (Å²) in [6.45, 7) is 0.774. The number of aryl methyl sites for hydroxylation is 2. The van der Waals surface area contributed by atoms with Gasteiger partial charge in [-0.25, -0.2) is 0 Å². The summed E-state index contributed by atoms with van der Waals surface area (Å²) in [7, 11) is 0. The number of rotatable bonds is 6. The number of nitrogens with one attached hydrogen (secondary N) is 1. The highest BCUT2D eigenvalue weighted by Crippen LogP contribution is 2.28. The van der Waals surface area contributed by atoms with Crippen LogP contribution in [0.3, 0.4) is 0 Å². The lowest BCUT2D eigenvalue weighted by atomic mass is 10.1. The zero-order chi connectivity index (χ0) is 17.8. The second-order valence-corrected chi connectivity index (χ2v) is 6.80. The van der Waals surface area contributed by atoms with Gasteiger partial charge in [0.05, 0.1) is 17.9 Å². The van der Waals surface area contributed by atoms with Gasteiger partial charge in [-0.3, -0.25) is 14.2 Å². The van der Waals surface area contributed by atoms with Crippen LogP contribution < -0.4 is 5.32 Å². The van der Waals surface area contributed by atoms with Crippen molar-refractivity contribution >= 4 is 11.6 Å². The standard InChI is InChI=1S/C20H23N5O/c26-20(19-11-13-25(23-19)18-8-4-5-9-18)22-17-14-21-24(15-17)12-10-16-6-2-1-3-7-16/h1-3,6-7,11,13-15,18H,4-5,8-10,12H2,(H,22,26). The van der Waals surface area contributed by atoms with Crippen molar-refractivity contribution in [3.05, 3.63) is 66.2 Å². The van der Waals surface area contributed by atoms with E-state index in [1.807, 2.05) is 40.0 Å². The molecule has 2 aromatic heterocycles. The van der Waals surface area contributed by atoms with Crippen LogP contribution in [0.2, 0.25) is 0 Å². The van der Waals surface area contributed by atoms with Crippen molar-refractivity contribution in [2.75, 3.05) is 5.32 Å². The molecule has 0 atom stereocenters. The molecule has 134 valence electrons. The van der Waals surface area contributed by atoms with E-state index in [4.69, 9.17) is 0 Å². The third kappa shape index (κ3) is 3.85. The molecule has 6 heteroatoms. The summed E-state index contributed by atoms with van der Waals surface area (Å²) in [4.78, 5) is 12.4. The second-order valence-electron chi connectivity index (χ2n) is 6.80. The van der Waals surface area contributed by atoms with Gasteiger partial charge in [-0.15, -0.1) is 0 Å². The summed E-state index contributed by atoms with van der Waals surface area (Å²) in [5.74, 6) is -0.190. The fourth-order valence-electron chi connectivity index (χ4n) is 3.47. The molecule has 1 N–H and O–H groups in total. The van der Waals surface area contributed by atoms with E-state index in [-0.39, 0.29) is 5.91 Å². The van der Waals surface area contributed by atoms with Gasteiger partial charge in [0.15, 0.2) is 5.69 Å². The van der Waals surface area contributed by atoms with E-state index in [1.165, 1.54) is 18.4 Å². The monoisotopic (exact) mass is 349 g/mol. The summed E-state index contributed by atoms with van der Waals surface area (Å²) in [6, 6.07) is 12.5. The molecule has 1 saturated carbocycles. The first kappa shape index (κ1) is 16.6. The molecule has 0 radical (unpaired) electrons. The first-order chi connectivity index (χ1) is 12.8. The quantitative estimate of drug-likeness (QED) is 0.738. The van der Waals surface area contributed by atoms with E-state index in [9.17, 15) is 4.79 Å². The predicted molar refractivity (Wildman–Crippen MR) is 100 cm³/mol. The van der Waals surface area contributed by atoms with Gasteiger partial charge < -0.3 is 5.32 Å². The molecule has 3 aromatic rings. The van der Waals surface area contributed by atoms with Gasteiger partial charge in [-0.05, 0) is 30.9 Å². The van der Waals surface area contributed by atoms with Gasteiger partial charge in [0.2, 0.25) is 0 Å². The van der Waals surface area contributed by atoms with Gasteiger partial charge in [-0.2, -0.15) is 10.2 Å². The molecule has 0 unspecified atom stereocenters. The topological polar surface area (TPSA) is 64.7 Å². The van der Waals surface area contributed by atoms with Crippen molar-refractivity contribution < 1.29 is 4.79 Å². The first-order valence-corrected chi connectivity index (χ1v) is 9.21. The van der Waals surface area contributed by atoms with E-state index in [0.29, 0.717) is 17.4 Å². The van der Waals surface area contributed by atoms with Crippen LogP contribution in [0.5, 0.6) is 0 Å². The molecule has 0 saturated heterocycles. The Morgan fingerprint density at radius 3 is 2.77 bits per heavy atom. The normalized spacial score (nSPS) is 14.6. The third-order valence-corrected chi connectivity index (χ3v) is 4.90. The van der Waals surface area contributed by atoms with Crippen LogP contribution in [-0.2, 0) is 13.0 Å². The smallest absolute Gasteiger partial charge is 0.276 e. The van der Waals surface area contributed by atoms with Gasteiger partial charge in [0, 0.05) is 18.9 Å². The van der Waals surface area contributed by atoms with Crippen LogP contribution in [0, 0.1) is 0 Å². The molecule has 1 aliphatic carbocycles. The predicted octanol–water partition coefficient (Wildman–Crippen LogP) is 3.69. The molecule has 4 rings (SSSR count). The number of anilines is 1. The lowest BCUT2D eigenvalue weighted by Crippen LogP contribution is -2.14. The minimum Gasteiger partial charge on any atom is -0.318 e. The minimum absolute atomic E-state index is 0.190.